The van der Waals surface area contributed by atoms with Gasteiger partial charge in [-0.1, -0.05) is 67.4 Å². The summed E-state index contributed by atoms with van der Waals surface area (Å²) in [6.45, 7) is 6.86. The van der Waals surface area contributed by atoms with E-state index in [1.54, 1.807) is 11.1 Å². The van der Waals surface area contributed by atoms with Gasteiger partial charge in [0.25, 0.3) is 0 Å². The molecule has 1 aliphatic carbocycles. The molecule has 35 heavy (non-hydrogen) atoms. The summed E-state index contributed by atoms with van der Waals surface area (Å²) in [5.74, 6) is 1.56. The molecule has 1 saturated carbocycles. The lowest BCUT2D eigenvalue weighted by Gasteiger charge is -2.34. The summed E-state index contributed by atoms with van der Waals surface area (Å²) >= 11 is 0. The zero-order chi connectivity index (χ0) is 24.6. The lowest BCUT2D eigenvalue weighted by molar-refractivity contribution is -0.125. The van der Waals surface area contributed by atoms with Gasteiger partial charge in [0.05, 0.1) is 17.7 Å². The highest BCUT2D eigenvalue weighted by atomic mass is 16.2. The third-order valence-electron chi connectivity index (χ3n) is 7.46. The van der Waals surface area contributed by atoms with Gasteiger partial charge in [0.2, 0.25) is 11.9 Å². The number of aromatic nitrogens is 2. The van der Waals surface area contributed by atoms with E-state index in [0.29, 0.717) is 18.5 Å². The van der Waals surface area contributed by atoms with Gasteiger partial charge < -0.3 is 15.1 Å². The molecule has 1 N–H and O–H groups in total. The fraction of sp³-hybridized carbons (Fsp3) is 0.414. The number of hydrogen-bond acceptors (Lipinski definition) is 5. The van der Waals surface area contributed by atoms with Crippen LogP contribution in [0.4, 0.5) is 17.5 Å². The van der Waals surface area contributed by atoms with Crippen molar-refractivity contribution in [2.75, 3.05) is 28.7 Å². The number of anilines is 3. The van der Waals surface area contributed by atoms with Gasteiger partial charge in [0.15, 0.2) is 5.82 Å². The minimum atomic E-state index is -0.487. The molecule has 2 aliphatic rings. The molecule has 6 heteroatoms. The summed E-state index contributed by atoms with van der Waals surface area (Å²) in [6, 6.07) is 19.5. The third kappa shape index (κ3) is 4.62. The van der Waals surface area contributed by atoms with Crippen molar-refractivity contribution in [1.29, 1.82) is 0 Å². The Morgan fingerprint density at radius 1 is 1.00 bits per heavy atom. The molecule has 1 unspecified atom stereocenters. The van der Waals surface area contributed by atoms with Gasteiger partial charge in [-0.25, -0.2) is 4.98 Å². The van der Waals surface area contributed by atoms with E-state index in [0.717, 1.165) is 24.3 Å². The van der Waals surface area contributed by atoms with Crippen LogP contribution in [0.3, 0.4) is 0 Å². The first kappa shape index (κ1) is 23.3. The number of nitrogens with zero attached hydrogens (tertiary/aromatic N) is 4. The van der Waals surface area contributed by atoms with E-state index < -0.39 is 5.41 Å². The second-order valence-corrected chi connectivity index (χ2v) is 10.6. The highest BCUT2D eigenvalue weighted by Gasteiger charge is 2.41. The number of hydrogen-bond donors (Lipinski definition) is 1. The number of fused-ring (bicyclic) bond motifs is 1. The van der Waals surface area contributed by atoms with Crippen molar-refractivity contribution in [3.63, 3.8) is 0 Å². The maximum Gasteiger partial charge on any atom is 0.234 e. The molecule has 1 atom stereocenters. The van der Waals surface area contributed by atoms with E-state index >= 15 is 0 Å². The molecule has 0 radical (unpaired) electrons. The van der Waals surface area contributed by atoms with Gasteiger partial charge in [-0.2, -0.15) is 4.98 Å². The van der Waals surface area contributed by atoms with Crippen LogP contribution < -0.4 is 15.1 Å². The summed E-state index contributed by atoms with van der Waals surface area (Å²) in [7, 11) is 1.84. The first-order chi connectivity index (χ1) is 16.8. The van der Waals surface area contributed by atoms with E-state index in [1.165, 1.54) is 29.5 Å². The van der Waals surface area contributed by atoms with Crippen LogP contribution in [0.1, 0.15) is 58.1 Å². The number of benzene rings is 2. The molecule has 0 saturated heterocycles. The molecule has 3 aromatic rings. The van der Waals surface area contributed by atoms with Crippen molar-refractivity contribution in [3.05, 3.63) is 66.4 Å². The molecular formula is C29H35N5O. The van der Waals surface area contributed by atoms with E-state index in [-0.39, 0.29) is 11.9 Å². The minimum Gasteiger partial charge on any atom is -0.351 e. The Morgan fingerprint density at radius 2 is 1.66 bits per heavy atom. The van der Waals surface area contributed by atoms with Crippen LogP contribution in [0.15, 0.2) is 60.8 Å². The highest BCUT2D eigenvalue weighted by Crippen LogP contribution is 2.40. The molecule has 6 nitrogen and oxygen atoms in total. The zero-order valence-corrected chi connectivity index (χ0v) is 21.2. The monoisotopic (exact) mass is 469 g/mol. The standard InChI is InChI=1S/C29H35N5O/c1-20(21-14-16-23(17-15-21)22-10-6-5-7-11-22)31-28-30-18-25-26(32-28)34(24-12-8-9-13-24)19-29(2,3)27(35)33(25)4/h5-7,10-11,14-18,20,24H,8-9,12-13,19H2,1-4H3,(H,30,31,32). The quantitative estimate of drug-likeness (QED) is 0.491. The number of nitrogens with one attached hydrogen (secondary N) is 1. The number of carbonyl (C=O) groups is 1. The summed E-state index contributed by atoms with van der Waals surface area (Å²) in [4.78, 5) is 26.9. The van der Waals surface area contributed by atoms with Crippen molar-refractivity contribution in [2.24, 2.45) is 5.41 Å². The summed E-state index contributed by atoms with van der Waals surface area (Å²) in [5, 5.41) is 3.49. The van der Waals surface area contributed by atoms with E-state index in [9.17, 15) is 4.79 Å². The average molecular weight is 470 g/mol. The second-order valence-electron chi connectivity index (χ2n) is 10.6. The first-order valence-electron chi connectivity index (χ1n) is 12.7. The predicted molar refractivity (Wildman–Crippen MR) is 143 cm³/mol. The molecule has 0 bridgehead atoms. The Morgan fingerprint density at radius 3 is 2.34 bits per heavy atom. The van der Waals surface area contributed by atoms with Crippen molar-refractivity contribution in [1.82, 2.24) is 9.97 Å². The first-order valence-corrected chi connectivity index (χ1v) is 12.7. The Kier molecular flexibility index (Phi) is 6.22. The number of rotatable bonds is 5. The van der Waals surface area contributed by atoms with Gasteiger partial charge in [0, 0.05) is 19.6 Å². The van der Waals surface area contributed by atoms with Crippen LogP contribution in [-0.4, -0.2) is 35.5 Å². The highest BCUT2D eigenvalue weighted by molar-refractivity contribution is 6.00. The van der Waals surface area contributed by atoms with Crippen molar-refractivity contribution >= 4 is 23.4 Å². The van der Waals surface area contributed by atoms with Crippen LogP contribution in [0.2, 0.25) is 0 Å². The van der Waals surface area contributed by atoms with Gasteiger partial charge in [-0.15, -0.1) is 0 Å². The summed E-state index contributed by atoms with van der Waals surface area (Å²) < 4.78 is 0. The van der Waals surface area contributed by atoms with Crippen LogP contribution in [0.5, 0.6) is 0 Å². The Bertz CT molecular complexity index is 1190. The summed E-state index contributed by atoms with van der Waals surface area (Å²) in [6.07, 6.45) is 6.55. The van der Waals surface area contributed by atoms with Crippen LogP contribution >= 0.6 is 0 Å². The van der Waals surface area contributed by atoms with E-state index in [2.05, 4.69) is 70.7 Å². The number of amides is 1. The van der Waals surface area contributed by atoms with Gasteiger partial charge in [0.1, 0.15) is 5.69 Å². The van der Waals surface area contributed by atoms with Crippen LogP contribution in [-0.2, 0) is 4.79 Å². The molecule has 182 valence electrons. The Labute approximate surface area is 208 Å². The van der Waals surface area contributed by atoms with Gasteiger partial charge >= 0.3 is 0 Å². The summed E-state index contributed by atoms with van der Waals surface area (Å²) in [5.41, 5.74) is 3.88. The zero-order valence-electron chi connectivity index (χ0n) is 21.2. The topological polar surface area (TPSA) is 61.4 Å². The van der Waals surface area contributed by atoms with Crippen molar-refractivity contribution in [3.8, 4) is 11.1 Å². The molecule has 0 spiro atoms. The normalized spacial score (nSPS) is 18.8. The van der Waals surface area contributed by atoms with Crippen molar-refractivity contribution in [2.45, 2.75) is 58.5 Å². The fourth-order valence-corrected chi connectivity index (χ4v) is 5.41. The van der Waals surface area contributed by atoms with E-state index in [1.807, 2.05) is 27.0 Å². The molecule has 2 aromatic carbocycles. The van der Waals surface area contributed by atoms with Crippen LogP contribution in [0, 0.1) is 5.41 Å². The van der Waals surface area contributed by atoms with Gasteiger partial charge in [-0.3, -0.25) is 4.79 Å². The minimum absolute atomic E-state index is 0.0411. The lowest BCUT2D eigenvalue weighted by Crippen LogP contribution is -2.45. The third-order valence-corrected chi connectivity index (χ3v) is 7.46. The molecule has 5 rings (SSSR count). The smallest absolute Gasteiger partial charge is 0.234 e. The molecule has 1 aromatic heterocycles. The average Bonchev–Trinajstić information content (AvgIpc) is 3.40. The maximum atomic E-state index is 13.2. The van der Waals surface area contributed by atoms with Gasteiger partial charge in [-0.05, 0) is 50.3 Å². The largest absolute Gasteiger partial charge is 0.351 e. The molecule has 1 fully saturated rings. The second kappa shape index (κ2) is 9.33. The lowest BCUT2D eigenvalue weighted by atomic mass is 9.91. The van der Waals surface area contributed by atoms with Crippen LogP contribution in [0.25, 0.3) is 11.1 Å². The van der Waals surface area contributed by atoms with E-state index in [4.69, 9.17) is 4.98 Å². The SMILES string of the molecule is CC(Nc1ncc2c(n1)N(C1CCCC1)CC(C)(C)C(=O)N2C)c1ccc(-c2ccccc2)cc1. The molecule has 2 heterocycles. The molecular weight excluding hydrogens is 434 g/mol. The Balaban J connectivity index is 1.41. The molecule has 1 aliphatic heterocycles. The number of carbonyl (C=O) groups excluding carboxylic acids is 1. The van der Waals surface area contributed by atoms with Crippen molar-refractivity contribution < 1.29 is 4.79 Å². The Hall–Kier alpha value is -3.41. The maximum absolute atomic E-state index is 13.2. The molecule has 1 amide bonds. The fourth-order valence-electron chi connectivity index (χ4n) is 5.41. The predicted octanol–water partition coefficient (Wildman–Crippen LogP) is 6.07.